The minimum atomic E-state index is -4.26. The molecule has 0 aromatic heterocycles. The molecule has 3 aliphatic rings. The van der Waals surface area contributed by atoms with E-state index in [1.54, 1.807) is 160 Å². The maximum Gasteiger partial charge on any atom is 0.243 e. The van der Waals surface area contributed by atoms with Gasteiger partial charge in [0.25, 0.3) is 0 Å². The molecule has 9 rings (SSSR count). The maximum absolute atomic E-state index is 15.4. The lowest BCUT2D eigenvalue weighted by atomic mass is 9.89. The Kier molecular flexibility index (Phi) is 26.1. The molecule has 6 aromatic rings. The highest BCUT2D eigenvalue weighted by atomic mass is 32.2. The van der Waals surface area contributed by atoms with Gasteiger partial charge in [-0.1, -0.05) is 170 Å². The van der Waals surface area contributed by atoms with Gasteiger partial charge in [0, 0.05) is 76.5 Å². The van der Waals surface area contributed by atoms with Crippen LogP contribution in [-0.2, 0) is 60.1 Å². The second kappa shape index (κ2) is 33.3. The van der Waals surface area contributed by atoms with E-state index < -0.39 is 96.4 Å². The molecule has 3 saturated carbocycles. The molecule has 0 heterocycles. The van der Waals surface area contributed by atoms with Crippen LogP contribution in [-0.4, -0.2) is 153 Å². The van der Waals surface area contributed by atoms with Crippen LogP contribution >= 0.6 is 0 Å². The van der Waals surface area contributed by atoms with Gasteiger partial charge in [-0.2, -0.15) is 25.8 Å². The Morgan fingerprint density at radius 1 is 0.235 bits per heavy atom. The van der Waals surface area contributed by atoms with E-state index in [9.17, 15) is 33.7 Å². The van der Waals surface area contributed by atoms with Gasteiger partial charge in [-0.05, 0) is 179 Å². The number of likely N-dealkylation sites (N-methyl/N-ethyl adjacent to an activating group) is 2. The Balaban J connectivity index is 0.947. The monoisotopic (exact) mass is 1460 g/mol. The summed E-state index contributed by atoms with van der Waals surface area (Å²) in [5.41, 5.74) is 5.34. The fourth-order valence-corrected chi connectivity index (χ4v) is 24.3. The Morgan fingerprint density at radius 2 is 0.388 bits per heavy atom. The zero-order valence-electron chi connectivity index (χ0n) is 58.3. The van der Waals surface area contributed by atoms with Gasteiger partial charge in [0.15, 0.2) is 0 Å². The van der Waals surface area contributed by atoms with Crippen LogP contribution < -0.4 is 0 Å². The van der Waals surface area contributed by atoms with E-state index >= 15 is 16.8 Å². The molecule has 0 bridgehead atoms. The molecule has 3 fully saturated rings. The molecule has 3 aliphatic carbocycles. The molecule has 0 unspecified atom stereocenters. The normalized spacial score (nSPS) is 20.3. The molecule has 18 nitrogen and oxygen atoms in total. The lowest BCUT2D eigenvalue weighted by molar-refractivity contribution is 0.140. The van der Waals surface area contributed by atoms with Crippen molar-refractivity contribution in [1.82, 2.24) is 25.8 Å². The molecule has 0 spiro atoms. The van der Waals surface area contributed by atoms with Crippen molar-refractivity contribution in [2.75, 3.05) is 40.3 Å². The Labute approximate surface area is 587 Å². The van der Waals surface area contributed by atoms with Crippen molar-refractivity contribution in [1.29, 1.82) is 0 Å². The van der Waals surface area contributed by atoms with E-state index in [4.69, 9.17) is 0 Å². The first-order valence-electron chi connectivity index (χ1n) is 34.9. The van der Waals surface area contributed by atoms with E-state index in [0.29, 0.717) is 116 Å². The summed E-state index contributed by atoms with van der Waals surface area (Å²) in [7, 11) is -21.7. The zero-order chi connectivity index (χ0) is 70.8. The smallest absolute Gasteiger partial charge is 0.207 e. The van der Waals surface area contributed by atoms with Crippen LogP contribution in [0.4, 0.5) is 0 Å². The minimum absolute atomic E-state index is 0.0606. The summed E-state index contributed by atoms with van der Waals surface area (Å²) in [5, 5.41) is 0. The van der Waals surface area contributed by atoms with Crippen molar-refractivity contribution in [2.45, 2.75) is 236 Å². The van der Waals surface area contributed by atoms with Crippen LogP contribution in [0.5, 0.6) is 0 Å². The van der Waals surface area contributed by atoms with Gasteiger partial charge in [0.05, 0.1) is 29.4 Å². The molecule has 0 radical (unpaired) electrons. The van der Waals surface area contributed by atoms with Gasteiger partial charge in [-0.25, -0.2) is 50.5 Å². The van der Waals surface area contributed by atoms with Crippen LogP contribution in [0.2, 0.25) is 0 Å². The number of benzene rings is 6. The lowest BCUT2D eigenvalue weighted by Crippen LogP contribution is -2.56. The van der Waals surface area contributed by atoms with Crippen molar-refractivity contribution in [3.05, 3.63) is 179 Å². The van der Waals surface area contributed by atoms with Crippen molar-refractivity contribution in [3.8, 4) is 0 Å². The van der Waals surface area contributed by atoms with E-state index in [-0.39, 0.29) is 55.6 Å². The van der Waals surface area contributed by atoms with Crippen LogP contribution in [0, 0.1) is 41.5 Å². The first-order chi connectivity index (χ1) is 46.5. The van der Waals surface area contributed by atoms with E-state index in [1.165, 1.54) is 25.8 Å². The topological polar surface area (TPSA) is 224 Å². The summed E-state index contributed by atoms with van der Waals surface area (Å²) in [5.74, 6) is 0. The number of hydrogen-bond donors (Lipinski definition) is 0. The van der Waals surface area contributed by atoms with Gasteiger partial charge in [-0.3, -0.25) is 0 Å². The second-order valence-electron chi connectivity index (χ2n) is 27.5. The molecule has 0 aliphatic heterocycles. The lowest BCUT2D eigenvalue weighted by Gasteiger charge is -2.44. The third kappa shape index (κ3) is 18.0. The fourth-order valence-electron chi connectivity index (χ4n) is 14.6. The number of hydrogen-bond acceptors (Lipinski definition) is 12. The molecular weight excluding hydrogens is 1360 g/mol. The summed E-state index contributed by atoms with van der Waals surface area (Å²) in [4.78, 5) is 0.682. The number of aryl methyl sites for hydroxylation is 6. The van der Waals surface area contributed by atoms with Crippen molar-refractivity contribution in [3.63, 3.8) is 0 Å². The third-order valence-electron chi connectivity index (χ3n) is 20.4. The summed E-state index contributed by atoms with van der Waals surface area (Å²) < 4.78 is 187. The summed E-state index contributed by atoms with van der Waals surface area (Å²) in [6.07, 6.45) is 10.5. The van der Waals surface area contributed by atoms with Gasteiger partial charge >= 0.3 is 0 Å². The van der Waals surface area contributed by atoms with E-state index in [0.717, 1.165) is 46.2 Å². The highest BCUT2D eigenvalue weighted by Crippen LogP contribution is 2.39. The number of nitrogens with zero attached hydrogens (tertiary/aromatic N) is 6. The molecule has 6 atom stereocenters. The number of unbranched alkanes of at least 4 members (excludes halogenated alkanes) is 6. The summed E-state index contributed by atoms with van der Waals surface area (Å²) >= 11 is 0. The van der Waals surface area contributed by atoms with Gasteiger partial charge in [0.2, 0.25) is 60.1 Å². The molecule has 6 aromatic carbocycles. The first-order valence-corrected chi connectivity index (χ1v) is 43.5. The standard InChI is InChI=1S/C74H102N6O12S6/c1-57-29-41-63(42-30-57)93(81,82)75(7)69-23-13-15-25-71(69)77(95(85,86)65-45-33-59(3)34-46-65)53-19-9-11-21-55-79(97(89,90)67-49-37-61(5)38-50-67)73-27-17-18-28-74(73)80(98(91,92)68-51-39-62(6)40-52-68)56-22-12-10-20-54-78(96(87,88)66-47-35-60(4)36-48-66)72-26-16-14-24-70(72)76(8)94(83,84)64-43-31-58(2)32-44-64/h29-52,69-74H,9-28,53-56H2,1-8H3/t69-,70-,71-,72-,73-,74-/m1/s1. The van der Waals surface area contributed by atoms with Crippen LogP contribution in [0.15, 0.2) is 175 Å². The second-order valence-corrected chi connectivity index (χ2v) is 39.0. The molecule has 98 heavy (non-hydrogen) atoms. The van der Waals surface area contributed by atoms with Crippen molar-refractivity contribution in [2.24, 2.45) is 0 Å². The van der Waals surface area contributed by atoms with Crippen molar-refractivity contribution >= 4 is 60.1 Å². The van der Waals surface area contributed by atoms with Gasteiger partial charge < -0.3 is 0 Å². The summed E-state index contributed by atoms with van der Waals surface area (Å²) in [6.45, 7) is 11.6. The average Bonchev–Trinajstić information content (AvgIpc) is 0.773. The van der Waals surface area contributed by atoms with Crippen LogP contribution in [0.3, 0.4) is 0 Å². The largest absolute Gasteiger partial charge is 0.243 e. The zero-order valence-corrected chi connectivity index (χ0v) is 63.2. The van der Waals surface area contributed by atoms with Gasteiger partial charge in [0.1, 0.15) is 0 Å². The summed E-state index contributed by atoms with van der Waals surface area (Å²) in [6, 6.07) is 35.9. The predicted molar refractivity (Wildman–Crippen MR) is 388 cm³/mol. The first kappa shape index (κ1) is 76.9. The molecule has 0 N–H and O–H groups in total. The molecule has 24 heteroatoms. The van der Waals surface area contributed by atoms with Crippen LogP contribution in [0.25, 0.3) is 0 Å². The number of rotatable bonds is 32. The average molecular weight is 1460 g/mol. The van der Waals surface area contributed by atoms with Crippen LogP contribution in [0.1, 0.15) is 162 Å². The quantitative estimate of drug-likeness (QED) is 0.0360. The minimum Gasteiger partial charge on any atom is -0.207 e. The highest BCUT2D eigenvalue weighted by molar-refractivity contribution is 7.90. The third-order valence-corrected chi connectivity index (χ3v) is 32.0. The molecule has 0 amide bonds. The van der Waals surface area contributed by atoms with Crippen molar-refractivity contribution < 1.29 is 50.5 Å². The molecular formula is C74H102N6O12S6. The fraction of sp³-hybridized carbons (Fsp3) is 0.514. The highest BCUT2D eigenvalue weighted by Gasteiger charge is 2.47. The molecule has 536 valence electrons. The Hall–Kier alpha value is -5.22. The molecule has 0 saturated heterocycles. The SMILES string of the molecule is Cc1ccc(S(=O)(=O)N(C)[C@@H]2CCCC[C@H]2N(CCCCCCN([C@@H]2CCCC[C@H]2N(CCCCCCN([C@@H]2CCCC[C@H]2N(C)S(=O)(=O)c2ccc(C)cc2)S(=O)(=O)c2ccc(C)cc2)S(=O)(=O)c2ccc(C)cc2)S(=O)(=O)c2ccc(C)cc2)S(=O)(=O)c2ccc(C)cc2)cc1. The van der Waals surface area contributed by atoms with E-state index in [1.807, 2.05) is 41.5 Å². The number of sulfonamides is 6. The van der Waals surface area contributed by atoms with E-state index in [2.05, 4.69) is 0 Å². The predicted octanol–water partition coefficient (Wildman–Crippen LogP) is 13.3. The Morgan fingerprint density at radius 3 is 0.571 bits per heavy atom. The van der Waals surface area contributed by atoms with Gasteiger partial charge in [-0.15, -0.1) is 0 Å². The maximum atomic E-state index is 15.4. The Bertz CT molecular complexity index is 4040.